The Morgan fingerprint density at radius 1 is 1.32 bits per heavy atom. The fourth-order valence-electron chi connectivity index (χ4n) is 6.34. The van der Waals surface area contributed by atoms with E-state index in [0.29, 0.717) is 18.4 Å². The maximum absolute atomic E-state index is 11.6. The fourth-order valence-corrected chi connectivity index (χ4v) is 6.34. The molecule has 2 nitrogen and oxygen atoms in total. The van der Waals surface area contributed by atoms with E-state index in [1.54, 1.807) is 16.7 Å². The van der Waals surface area contributed by atoms with Gasteiger partial charge < -0.3 is 4.74 Å². The lowest BCUT2D eigenvalue weighted by Gasteiger charge is -2.45. The molecule has 1 aromatic rings. The SMILES string of the molecule is CCOC(=O)CCc1ccc2c(c1)CCC1C2CCC23CC2=CCC13. The molecular formula is C23H28O2. The third-order valence-corrected chi connectivity index (χ3v) is 7.56. The molecule has 4 unspecified atom stereocenters. The highest BCUT2D eigenvalue weighted by Crippen LogP contribution is 2.72. The van der Waals surface area contributed by atoms with Crippen LogP contribution in [0, 0.1) is 17.3 Å². The number of carbonyl (C=O) groups is 1. The first-order valence-electron chi connectivity index (χ1n) is 10.2. The summed E-state index contributed by atoms with van der Waals surface area (Å²) in [5.41, 5.74) is 6.94. The van der Waals surface area contributed by atoms with Crippen molar-refractivity contribution in [2.24, 2.45) is 17.3 Å². The molecule has 25 heavy (non-hydrogen) atoms. The minimum absolute atomic E-state index is 0.0770. The van der Waals surface area contributed by atoms with E-state index in [9.17, 15) is 4.79 Å². The lowest BCUT2D eigenvalue weighted by Crippen LogP contribution is -2.36. The lowest BCUT2D eigenvalue weighted by atomic mass is 9.58. The van der Waals surface area contributed by atoms with Crippen molar-refractivity contribution in [1.82, 2.24) is 0 Å². The first-order chi connectivity index (χ1) is 12.2. The molecule has 0 N–H and O–H groups in total. The van der Waals surface area contributed by atoms with Crippen LogP contribution in [0.5, 0.6) is 0 Å². The number of carbonyl (C=O) groups excluding carboxylic acids is 1. The molecule has 4 atom stereocenters. The number of esters is 1. The Hall–Kier alpha value is -1.57. The third-order valence-electron chi connectivity index (χ3n) is 7.56. The number of ether oxygens (including phenoxy) is 1. The number of benzene rings is 1. The van der Waals surface area contributed by atoms with Crippen molar-refractivity contribution in [2.45, 2.75) is 64.2 Å². The highest BCUT2D eigenvalue weighted by molar-refractivity contribution is 5.69. The van der Waals surface area contributed by atoms with Gasteiger partial charge >= 0.3 is 5.97 Å². The summed E-state index contributed by atoms with van der Waals surface area (Å²) in [5, 5.41) is 0. The Morgan fingerprint density at radius 3 is 3.08 bits per heavy atom. The van der Waals surface area contributed by atoms with Crippen LogP contribution in [-0.4, -0.2) is 12.6 Å². The molecule has 4 aliphatic rings. The zero-order chi connectivity index (χ0) is 17.0. The molecule has 0 bridgehead atoms. The van der Waals surface area contributed by atoms with E-state index in [2.05, 4.69) is 24.3 Å². The molecule has 0 aromatic heterocycles. The number of allylic oxidation sites excluding steroid dienone is 2. The van der Waals surface area contributed by atoms with Crippen LogP contribution in [0.3, 0.4) is 0 Å². The number of aryl methyl sites for hydroxylation is 2. The number of hydrogen-bond donors (Lipinski definition) is 0. The second-order valence-corrected chi connectivity index (χ2v) is 8.59. The van der Waals surface area contributed by atoms with Gasteiger partial charge in [-0.2, -0.15) is 0 Å². The van der Waals surface area contributed by atoms with Crippen LogP contribution < -0.4 is 0 Å². The van der Waals surface area contributed by atoms with Crippen LogP contribution in [0.4, 0.5) is 0 Å². The Morgan fingerprint density at radius 2 is 2.24 bits per heavy atom. The summed E-state index contributed by atoms with van der Waals surface area (Å²) >= 11 is 0. The van der Waals surface area contributed by atoms with E-state index in [1.165, 1.54) is 44.1 Å². The van der Waals surface area contributed by atoms with Gasteiger partial charge in [-0.1, -0.05) is 29.8 Å². The first kappa shape index (κ1) is 15.7. The molecule has 4 aliphatic carbocycles. The molecular weight excluding hydrogens is 308 g/mol. The average molecular weight is 336 g/mol. The highest BCUT2D eigenvalue weighted by Gasteiger charge is 2.62. The van der Waals surface area contributed by atoms with Crippen molar-refractivity contribution in [3.8, 4) is 0 Å². The van der Waals surface area contributed by atoms with Crippen molar-refractivity contribution < 1.29 is 9.53 Å². The standard InChI is InChI=1S/C23H28O2/c1-2-25-22(24)10-4-15-3-7-18-16(13-15)5-8-20-19(18)11-12-23-14-17(23)6-9-21(20)23/h3,6-7,13,19-21H,2,4-5,8-12,14H2,1H3. The van der Waals surface area contributed by atoms with E-state index >= 15 is 0 Å². The van der Waals surface area contributed by atoms with Gasteiger partial charge in [0.05, 0.1) is 6.61 Å². The van der Waals surface area contributed by atoms with Crippen LogP contribution in [0.1, 0.15) is 68.1 Å². The topological polar surface area (TPSA) is 26.3 Å². The summed E-state index contributed by atoms with van der Waals surface area (Å²) in [7, 11) is 0. The molecule has 1 spiro atoms. The molecule has 2 heteroatoms. The van der Waals surface area contributed by atoms with E-state index in [-0.39, 0.29) is 5.97 Å². The minimum atomic E-state index is -0.0770. The smallest absolute Gasteiger partial charge is 0.306 e. The van der Waals surface area contributed by atoms with Gasteiger partial charge in [0.2, 0.25) is 0 Å². The van der Waals surface area contributed by atoms with Gasteiger partial charge in [-0.05, 0) is 91.7 Å². The van der Waals surface area contributed by atoms with E-state index in [1.807, 2.05) is 6.92 Å². The molecule has 5 rings (SSSR count). The summed E-state index contributed by atoms with van der Waals surface area (Å²) in [6.07, 6.45) is 12.0. The summed E-state index contributed by atoms with van der Waals surface area (Å²) < 4.78 is 5.06. The second-order valence-electron chi connectivity index (χ2n) is 8.59. The number of rotatable bonds is 4. The average Bonchev–Trinajstić information content (AvgIpc) is 3.20. The summed E-state index contributed by atoms with van der Waals surface area (Å²) in [5.74, 6) is 2.56. The minimum Gasteiger partial charge on any atom is -0.466 e. The largest absolute Gasteiger partial charge is 0.466 e. The maximum Gasteiger partial charge on any atom is 0.306 e. The van der Waals surface area contributed by atoms with Crippen LogP contribution in [0.25, 0.3) is 0 Å². The first-order valence-corrected chi connectivity index (χ1v) is 10.2. The molecule has 0 aliphatic heterocycles. The molecule has 0 radical (unpaired) electrons. The van der Waals surface area contributed by atoms with Crippen molar-refractivity contribution >= 4 is 5.97 Å². The van der Waals surface area contributed by atoms with Crippen LogP contribution >= 0.6 is 0 Å². The Kier molecular flexibility index (Phi) is 3.59. The monoisotopic (exact) mass is 336 g/mol. The molecule has 1 aromatic carbocycles. The van der Waals surface area contributed by atoms with E-state index < -0.39 is 0 Å². The third kappa shape index (κ3) is 2.40. The van der Waals surface area contributed by atoms with Crippen LogP contribution in [0.2, 0.25) is 0 Å². The second kappa shape index (κ2) is 5.72. The molecule has 2 saturated carbocycles. The number of fused-ring (bicyclic) bond motifs is 4. The Bertz CT molecular complexity index is 746. The van der Waals surface area contributed by atoms with Gasteiger partial charge in [-0.15, -0.1) is 0 Å². The van der Waals surface area contributed by atoms with Crippen molar-refractivity contribution in [2.75, 3.05) is 6.61 Å². The quantitative estimate of drug-likeness (QED) is 0.574. The van der Waals surface area contributed by atoms with Gasteiger partial charge in [0.1, 0.15) is 0 Å². The molecule has 0 amide bonds. The number of hydrogen-bond acceptors (Lipinski definition) is 2. The summed E-state index contributed by atoms with van der Waals surface area (Å²) in [4.78, 5) is 11.6. The molecule has 0 saturated heterocycles. The lowest BCUT2D eigenvalue weighted by molar-refractivity contribution is -0.143. The predicted octanol–water partition coefficient (Wildman–Crippen LogP) is 4.96. The van der Waals surface area contributed by atoms with Crippen molar-refractivity contribution in [3.63, 3.8) is 0 Å². The predicted molar refractivity (Wildman–Crippen MR) is 98.4 cm³/mol. The zero-order valence-corrected chi connectivity index (χ0v) is 15.2. The van der Waals surface area contributed by atoms with Crippen molar-refractivity contribution in [3.05, 3.63) is 46.5 Å². The molecule has 0 heterocycles. The summed E-state index contributed by atoms with van der Waals surface area (Å²) in [6.45, 7) is 2.34. The fraction of sp³-hybridized carbons (Fsp3) is 0.609. The summed E-state index contributed by atoms with van der Waals surface area (Å²) in [6, 6.07) is 7.03. The van der Waals surface area contributed by atoms with E-state index in [0.717, 1.165) is 24.2 Å². The Balaban J connectivity index is 1.33. The van der Waals surface area contributed by atoms with Crippen molar-refractivity contribution in [1.29, 1.82) is 0 Å². The van der Waals surface area contributed by atoms with Gasteiger partial charge in [-0.25, -0.2) is 0 Å². The molecule has 132 valence electrons. The maximum atomic E-state index is 11.6. The zero-order valence-electron chi connectivity index (χ0n) is 15.2. The van der Waals surface area contributed by atoms with Gasteiger partial charge in [-0.3, -0.25) is 4.79 Å². The van der Waals surface area contributed by atoms with Gasteiger partial charge in [0, 0.05) is 6.42 Å². The van der Waals surface area contributed by atoms with E-state index in [4.69, 9.17) is 4.74 Å². The van der Waals surface area contributed by atoms with Gasteiger partial charge in [0.15, 0.2) is 0 Å². The van der Waals surface area contributed by atoms with Crippen LogP contribution in [-0.2, 0) is 22.4 Å². The normalized spacial score (nSPS) is 34.3. The Labute approximate surface area is 150 Å². The molecule has 2 fully saturated rings. The van der Waals surface area contributed by atoms with Gasteiger partial charge in [0.25, 0.3) is 0 Å². The van der Waals surface area contributed by atoms with Crippen LogP contribution in [0.15, 0.2) is 29.8 Å². The highest BCUT2D eigenvalue weighted by atomic mass is 16.5.